The maximum Gasteiger partial charge on any atom is 0.391 e. The smallest absolute Gasteiger partial charge is 0.391 e. The highest BCUT2D eigenvalue weighted by Gasteiger charge is 2.41. The highest BCUT2D eigenvalue weighted by Crippen LogP contribution is 2.34. The Hall–Kier alpha value is -1.72. The summed E-state index contributed by atoms with van der Waals surface area (Å²) in [5.74, 6) is -1.45. The summed E-state index contributed by atoms with van der Waals surface area (Å²) in [5.41, 5.74) is 7.01. The minimum absolute atomic E-state index is 0.0144. The van der Waals surface area contributed by atoms with Crippen LogP contribution in [0, 0.1) is 5.92 Å². The molecule has 1 heterocycles. The van der Waals surface area contributed by atoms with Crippen molar-refractivity contribution in [1.29, 1.82) is 0 Å². The fourth-order valence-corrected chi connectivity index (χ4v) is 2.43. The Balaban J connectivity index is 1.91. The molecular weight excluding hydrogens is 269 g/mol. The van der Waals surface area contributed by atoms with Gasteiger partial charge in [0, 0.05) is 18.8 Å². The van der Waals surface area contributed by atoms with Crippen molar-refractivity contribution in [3.63, 3.8) is 0 Å². The normalized spacial score (nSPS) is 17.2. The van der Waals surface area contributed by atoms with Crippen LogP contribution in [0.3, 0.4) is 0 Å². The molecule has 3 nitrogen and oxygen atoms in total. The Morgan fingerprint density at radius 1 is 1.25 bits per heavy atom. The van der Waals surface area contributed by atoms with Gasteiger partial charge in [-0.25, -0.2) is 0 Å². The first kappa shape index (κ1) is 14.7. The van der Waals surface area contributed by atoms with Crippen LogP contribution in [0.2, 0.25) is 0 Å². The van der Waals surface area contributed by atoms with Crippen molar-refractivity contribution in [3.05, 3.63) is 29.8 Å². The van der Waals surface area contributed by atoms with Gasteiger partial charge < -0.3 is 10.6 Å². The van der Waals surface area contributed by atoms with E-state index in [1.807, 2.05) is 0 Å². The highest BCUT2D eigenvalue weighted by molar-refractivity contribution is 5.80. The van der Waals surface area contributed by atoms with Crippen molar-refractivity contribution in [3.8, 4) is 0 Å². The first-order chi connectivity index (χ1) is 9.38. The van der Waals surface area contributed by atoms with E-state index in [1.54, 1.807) is 24.3 Å². The number of hydrogen-bond donors (Lipinski definition) is 1. The van der Waals surface area contributed by atoms with Crippen LogP contribution >= 0.6 is 0 Å². The monoisotopic (exact) mass is 286 g/mol. The van der Waals surface area contributed by atoms with Crippen LogP contribution in [0.25, 0.3) is 0 Å². The molecule has 1 saturated heterocycles. The second-order valence-corrected chi connectivity index (χ2v) is 5.07. The van der Waals surface area contributed by atoms with E-state index in [4.69, 9.17) is 5.73 Å². The number of nitrogens with zero attached hydrogens (tertiary/aromatic N) is 1. The number of para-hydroxylation sites is 1. The summed E-state index contributed by atoms with van der Waals surface area (Å²) in [6.45, 7) is 0.325. The van der Waals surface area contributed by atoms with Gasteiger partial charge in [0.1, 0.15) is 0 Å². The predicted octanol–water partition coefficient (Wildman–Crippen LogP) is 2.61. The van der Waals surface area contributed by atoms with Gasteiger partial charge in [-0.3, -0.25) is 4.79 Å². The number of alkyl halides is 3. The highest BCUT2D eigenvalue weighted by atomic mass is 19.4. The minimum atomic E-state index is -4.15. The van der Waals surface area contributed by atoms with Crippen LogP contribution in [0.1, 0.15) is 18.4 Å². The Labute approximate surface area is 115 Å². The van der Waals surface area contributed by atoms with Crippen molar-refractivity contribution in [2.24, 2.45) is 5.92 Å². The van der Waals surface area contributed by atoms with Gasteiger partial charge in [0.05, 0.1) is 12.3 Å². The van der Waals surface area contributed by atoms with E-state index in [0.29, 0.717) is 5.69 Å². The van der Waals surface area contributed by atoms with Crippen LogP contribution in [-0.2, 0) is 11.2 Å². The number of piperidine rings is 1. The lowest BCUT2D eigenvalue weighted by atomic mass is 9.96. The molecule has 2 rings (SSSR count). The van der Waals surface area contributed by atoms with E-state index in [0.717, 1.165) is 5.56 Å². The number of anilines is 1. The van der Waals surface area contributed by atoms with Crippen LogP contribution in [0.5, 0.6) is 0 Å². The van der Waals surface area contributed by atoms with E-state index < -0.39 is 12.1 Å². The first-order valence-corrected chi connectivity index (χ1v) is 6.56. The van der Waals surface area contributed by atoms with Crippen molar-refractivity contribution in [1.82, 2.24) is 4.90 Å². The van der Waals surface area contributed by atoms with Crippen LogP contribution in [0.4, 0.5) is 18.9 Å². The topological polar surface area (TPSA) is 46.3 Å². The summed E-state index contributed by atoms with van der Waals surface area (Å²) in [7, 11) is 0. The molecule has 1 aromatic carbocycles. The van der Waals surface area contributed by atoms with Crippen LogP contribution in [0.15, 0.2) is 24.3 Å². The molecule has 0 unspecified atom stereocenters. The van der Waals surface area contributed by atoms with Gasteiger partial charge in [0.25, 0.3) is 0 Å². The Morgan fingerprint density at radius 2 is 1.85 bits per heavy atom. The largest absolute Gasteiger partial charge is 0.398 e. The van der Waals surface area contributed by atoms with Crippen molar-refractivity contribution in [2.75, 3.05) is 18.8 Å². The van der Waals surface area contributed by atoms with Crippen LogP contribution in [-0.4, -0.2) is 30.1 Å². The summed E-state index contributed by atoms with van der Waals surface area (Å²) in [6.07, 6.45) is -4.04. The van der Waals surface area contributed by atoms with Crippen LogP contribution < -0.4 is 5.73 Å². The molecule has 0 aromatic heterocycles. The lowest BCUT2D eigenvalue weighted by Crippen LogP contribution is -2.42. The number of likely N-dealkylation sites (tertiary alicyclic amines) is 1. The number of halogens is 3. The molecule has 1 aromatic rings. The zero-order valence-corrected chi connectivity index (χ0v) is 11.0. The fraction of sp³-hybridized carbons (Fsp3) is 0.500. The molecule has 0 atom stereocenters. The van der Waals surface area contributed by atoms with Crippen molar-refractivity contribution < 1.29 is 18.0 Å². The second kappa shape index (κ2) is 5.73. The Kier molecular flexibility index (Phi) is 4.20. The molecule has 110 valence electrons. The maximum absolute atomic E-state index is 12.5. The van der Waals surface area contributed by atoms with Gasteiger partial charge >= 0.3 is 6.18 Å². The molecule has 6 heteroatoms. The average molecular weight is 286 g/mol. The zero-order valence-electron chi connectivity index (χ0n) is 11.0. The van der Waals surface area contributed by atoms with Gasteiger partial charge in [0.15, 0.2) is 0 Å². The summed E-state index contributed by atoms with van der Waals surface area (Å²) in [6, 6.07) is 7.03. The fourth-order valence-electron chi connectivity index (χ4n) is 2.43. The first-order valence-electron chi connectivity index (χ1n) is 6.56. The molecule has 1 fully saturated rings. The minimum Gasteiger partial charge on any atom is -0.398 e. The Bertz CT molecular complexity index is 480. The molecule has 0 spiro atoms. The van der Waals surface area contributed by atoms with Crippen molar-refractivity contribution >= 4 is 11.6 Å². The lowest BCUT2D eigenvalue weighted by Gasteiger charge is -2.33. The molecule has 1 amide bonds. The molecule has 2 N–H and O–H groups in total. The molecule has 20 heavy (non-hydrogen) atoms. The van der Waals surface area contributed by atoms with E-state index in [9.17, 15) is 18.0 Å². The third-order valence-corrected chi connectivity index (χ3v) is 3.71. The summed E-state index contributed by atoms with van der Waals surface area (Å²) < 4.78 is 37.6. The average Bonchev–Trinajstić information content (AvgIpc) is 2.40. The third kappa shape index (κ3) is 3.43. The van der Waals surface area contributed by atoms with Gasteiger partial charge in [-0.1, -0.05) is 18.2 Å². The van der Waals surface area contributed by atoms with Gasteiger partial charge in [-0.2, -0.15) is 13.2 Å². The standard InChI is InChI=1S/C14H17F3N2O/c15-14(16,17)11-5-7-19(8-6-11)13(20)9-10-3-1-2-4-12(10)18/h1-4,11H,5-9,18H2. The quantitative estimate of drug-likeness (QED) is 0.849. The molecule has 0 bridgehead atoms. The van der Waals surface area contributed by atoms with Crippen molar-refractivity contribution in [2.45, 2.75) is 25.4 Å². The number of carbonyl (C=O) groups is 1. The molecule has 1 aliphatic heterocycles. The summed E-state index contributed by atoms with van der Waals surface area (Å²) in [4.78, 5) is 13.6. The number of nitrogens with two attached hydrogens (primary N) is 1. The lowest BCUT2D eigenvalue weighted by molar-refractivity contribution is -0.186. The predicted molar refractivity (Wildman–Crippen MR) is 69.9 cm³/mol. The summed E-state index contributed by atoms with van der Waals surface area (Å²) in [5, 5.41) is 0. The van der Waals surface area contributed by atoms with E-state index in [2.05, 4.69) is 0 Å². The number of nitrogen functional groups attached to an aromatic ring is 1. The molecule has 0 saturated carbocycles. The molecule has 0 aliphatic carbocycles. The number of amides is 1. The number of hydrogen-bond acceptors (Lipinski definition) is 2. The maximum atomic E-state index is 12.5. The number of benzene rings is 1. The molecule has 1 aliphatic rings. The van der Waals surface area contributed by atoms with Gasteiger partial charge in [0.2, 0.25) is 5.91 Å². The van der Waals surface area contributed by atoms with Gasteiger partial charge in [-0.05, 0) is 24.5 Å². The second-order valence-electron chi connectivity index (χ2n) is 5.07. The van der Waals surface area contributed by atoms with Gasteiger partial charge in [-0.15, -0.1) is 0 Å². The summed E-state index contributed by atoms with van der Waals surface area (Å²) >= 11 is 0. The van der Waals surface area contributed by atoms with E-state index in [1.165, 1.54) is 4.90 Å². The Morgan fingerprint density at radius 3 is 2.40 bits per heavy atom. The van der Waals surface area contributed by atoms with E-state index >= 15 is 0 Å². The van der Waals surface area contributed by atoms with E-state index in [-0.39, 0.29) is 38.3 Å². The number of carbonyl (C=O) groups excluding carboxylic acids is 1. The molecule has 0 radical (unpaired) electrons. The SMILES string of the molecule is Nc1ccccc1CC(=O)N1CCC(C(F)(F)F)CC1. The third-order valence-electron chi connectivity index (χ3n) is 3.71. The zero-order chi connectivity index (χ0) is 14.8. The molecular formula is C14H17F3N2O. The number of rotatable bonds is 2.